The lowest BCUT2D eigenvalue weighted by Gasteiger charge is -2.06. The van der Waals surface area contributed by atoms with E-state index in [1.165, 1.54) is 11.0 Å². The van der Waals surface area contributed by atoms with Crippen molar-refractivity contribution in [2.24, 2.45) is 0 Å². The lowest BCUT2D eigenvalue weighted by molar-refractivity contribution is -0.123. The van der Waals surface area contributed by atoms with Crippen molar-refractivity contribution in [3.63, 3.8) is 0 Å². The number of nitrogen functional groups attached to an aromatic ring is 1. The van der Waals surface area contributed by atoms with E-state index in [2.05, 4.69) is 0 Å². The molecule has 1 rings (SSSR count). The lowest BCUT2D eigenvalue weighted by atomic mass is 10.1. The van der Waals surface area contributed by atoms with Gasteiger partial charge in [0, 0.05) is 20.2 Å². The Balaban J connectivity index is 2.99. The predicted octanol–water partition coefficient (Wildman–Crippen LogP) is 1.24. The fourth-order valence-corrected chi connectivity index (χ4v) is 1.14. The van der Waals surface area contributed by atoms with Crippen LogP contribution in [0.1, 0.15) is 11.1 Å². The Morgan fingerprint density at radius 2 is 2.19 bits per heavy atom. The van der Waals surface area contributed by atoms with Crippen molar-refractivity contribution in [1.29, 1.82) is 5.26 Å². The topological polar surface area (TPSA) is 70.1 Å². The van der Waals surface area contributed by atoms with E-state index in [1.54, 1.807) is 38.4 Å². The van der Waals surface area contributed by atoms with E-state index in [9.17, 15) is 4.79 Å². The van der Waals surface area contributed by atoms with Crippen LogP contribution < -0.4 is 5.73 Å². The molecule has 0 bridgehead atoms. The monoisotopic (exact) mass is 215 g/mol. The van der Waals surface area contributed by atoms with E-state index in [0.717, 1.165) is 0 Å². The van der Waals surface area contributed by atoms with E-state index in [4.69, 9.17) is 11.0 Å². The number of para-hydroxylation sites is 1. The molecule has 0 heterocycles. The molecule has 0 fully saturated rings. The zero-order valence-corrected chi connectivity index (χ0v) is 9.27. The van der Waals surface area contributed by atoms with Crippen molar-refractivity contribution < 1.29 is 4.79 Å². The van der Waals surface area contributed by atoms with E-state index in [0.29, 0.717) is 16.8 Å². The summed E-state index contributed by atoms with van der Waals surface area (Å²) in [6.07, 6.45) is 3.03. The van der Waals surface area contributed by atoms with Crippen LogP contribution in [0.3, 0.4) is 0 Å². The van der Waals surface area contributed by atoms with Gasteiger partial charge in [-0.25, -0.2) is 0 Å². The van der Waals surface area contributed by atoms with Gasteiger partial charge in [-0.3, -0.25) is 4.79 Å². The first-order chi connectivity index (χ1) is 7.56. The summed E-state index contributed by atoms with van der Waals surface area (Å²) < 4.78 is 0. The number of nitrogens with zero attached hydrogens (tertiary/aromatic N) is 2. The molecule has 0 aliphatic carbocycles. The smallest absolute Gasteiger partial charge is 0.246 e. The molecular formula is C12H13N3O. The molecule has 0 saturated carbocycles. The second-order valence-electron chi connectivity index (χ2n) is 3.49. The van der Waals surface area contributed by atoms with E-state index in [-0.39, 0.29) is 5.91 Å². The molecule has 4 nitrogen and oxygen atoms in total. The maximum absolute atomic E-state index is 11.3. The van der Waals surface area contributed by atoms with Gasteiger partial charge in [0.2, 0.25) is 5.91 Å². The minimum atomic E-state index is -0.123. The minimum absolute atomic E-state index is 0.123. The average Bonchev–Trinajstić information content (AvgIpc) is 2.27. The molecule has 0 saturated heterocycles. The highest BCUT2D eigenvalue weighted by atomic mass is 16.2. The molecule has 0 atom stereocenters. The Morgan fingerprint density at radius 1 is 1.50 bits per heavy atom. The predicted molar refractivity (Wildman–Crippen MR) is 63.3 cm³/mol. The number of hydrogen-bond donors (Lipinski definition) is 1. The molecule has 2 N–H and O–H groups in total. The second-order valence-corrected chi connectivity index (χ2v) is 3.49. The molecule has 1 amide bonds. The largest absolute Gasteiger partial charge is 0.397 e. The third-order valence-electron chi connectivity index (χ3n) is 2.11. The zero-order chi connectivity index (χ0) is 12.1. The van der Waals surface area contributed by atoms with E-state index >= 15 is 0 Å². The van der Waals surface area contributed by atoms with Gasteiger partial charge in [0.15, 0.2) is 0 Å². The summed E-state index contributed by atoms with van der Waals surface area (Å²) in [6, 6.07) is 7.12. The highest BCUT2D eigenvalue weighted by Gasteiger charge is 2.02. The number of likely N-dealkylation sites (N-methyl/N-ethyl adjacent to an activating group) is 1. The number of carbonyl (C=O) groups is 1. The number of hydrogen-bond acceptors (Lipinski definition) is 3. The standard InChI is InChI=1S/C12H13N3O/c1-15(2)11(16)7-6-9-4-3-5-10(8-13)12(9)14/h3-7H,14H2,1-2H3/b7-6+. The molecule has 1 aromatic carbocycles. The van der Waals surface area contributed by atoms with Crippen LogP contribution in [-0.4, -0.2) is 24.9 Å². The van der Waals surface area contributed by atoms with Crippen LogP contribution in [0.15, 0.2) is 24.3 Å². The molecule has 1 aromatic rings. The van der Waals surface area contributed by atoms with Gasteiger partial charge in [0.05, 0.1) is 11.3 Å². The Hall–Kier alpha value is -2.28. The molecule has 0 aromatic heterocycles. The second kappa shape index (κ2) is 4.99. The molecule has 0 spiro atoms. The van der Waals surface area contributed by atoms with Crippen LogP contribution in [0, 0.1) is 11.3 Å². The van der Waals surface area contributed by atoms with Crippen LogP contribution in [0.5, 0.6) is 0 Å². The number of nitriles is 1. The minimum Gasteiger partial charge on any atom is -0.397 e. The van der Waals surface area contributed by atoms with Gasteiger partial charge in [-0.15, -0.1) is 0 Å². The summed E-state index contributed by atoms with van der Waals surface area (Å²) in [7, 11) is 3.34. The number of benzene rings is 1. The maximum Gasteiger partial charge on any atom is 0.246 e. The number of rotatable bonds is 2. The normalized spacial score (nSPS) is 10.1. The average molecular weight is 215 g/mol. The van der Waals surface area contributed by atoms with Crippen LogP contribution >= 0.6 is 0 Å². The summed E-state index contributed by atoms with van der Waals surface area (Å²) in [5.41, 5.74) is 7.25. The quantitative estimate of drug-likeness (QED) is 0.596. The Morgan fingerprint density at radius 3 is 2.75 bits per heavy atom. The SMILES string of the molecule is CN(C)C(=O)/C=C/c1cccc(C#N)c1N. The molecule has 4 heteroatoms. The summed E-state index contributed by atoms with van der Waals surface area (Å²) in [6.45, 7) is 0. The van der Waals surface area contributed by atoms with Crippen molar-refractivity contribution in [3.05, 3.63) is 35.4 Å². The van der Waals surface area contributed by atoms with Gasteiger partial charge in [-0.1, -0.05) is 12.1 Å². The molecule has 0 aliphatic rings. The number of amides is 1. The highest BCUT2D eigenvalue weighted by molar-refractivity contribution is 5.92. The van der Waals surface area contributed by atoms with Crippen molar-refractivity contribution in [3.8, 4) is 6.07 Å². The summed E-state index contributed by atoms with van der Waals surface area (Å²) >= 11 is 0. The Kier molecular flexibility index (Phi) is 3.67. The first-order valence-corrected chi connectivity index (χ1v) is 4.74. The molecule has 0 unspecified atom stereocenters. The molecule has 0 aliphatic heterocycles. The van der Waals surface area contributed by atoms with E-state index < -0.39 is 0 Å². The van der Waals surface area contributed by atoms with Crippen molar-refractivity contribution in [2.45, 2.75) is 0 Å². The van der Waals surface area contributed by atoms with Crippen LogP contribution in [-0.2, 0) is 4.79 Å². The van der Waals surface area contributed by atoms with Gasteiger partial charge in [-0.2, -0.15) is 5.26 Å². The maximum atomic E-state index is 11.3. The first-order valence-electron chi connectivity index (χ1n) is 4.74. The number of nitrogens with two attached hydrogens (primary N) is 1. The Labute approximate surface area is 94.6 Å². The van der Waals surface area contributed by atoms with Crippen LogP contribution in [0.2, 0.25) is 0 Å². The van der Waals surface area contributed by atoms with Gasteiger partial charge < -0.3 is 10.6 Å². The number of anilines is 1. The summed E-state index contributed by atoms with van der Waals surface area (Å²) in [5, 5.41) is 8.78. The van der Waals surface area contributed by atoms with Crippen molar-refractivity contribution >= 4 is 17.7 Å². The summed E-state index contributed by atoms with van der Waals surface area (Å²) in [4.78, 5) is 12.8. The van der Waals surface area contributed by atoms with E-state index in [1.807, 2.05) is 6.07 Å². The number of carbonyl (C=O) groups excluding carboxylic acids is 1. The fraction of sp³-hybridized carbons (Fsp3) is 0.167. The Bertz CT molecular complexity index is 470. The first kappa shape index (κ1) is 11.8. The van der Waals surface area contributed by atoms with Crippen LogP contribution in [0.4, 0.5) is 5.69 Å². The van der Waals surface area contributed by atoms with Gasteiger partial charge in [-0.05, 0) is 17.7 Å². The molecule has 82 valence electrons. The molecular weight excluding hydrogens is 202 g/mol. The highest BCUT2D eigenvalue weighted by Crippen LogP contribution is 2.17. The van der Waals surface area contributed by atoms with Gasteiger partial charge in [0.25, 0.3) is 0 Å². The van der Waals surface area contributed by atoms with Crippen LogP contribution in [0.25, 0.3) is 6.08 Å². The molecule has 16 heavy (non-hydrogen) atoms. The zero-order valence-electron chi connectivity index (χ0n) is 9.27. The van der Waals surface area contributed by atoms with Gasteiger partial charge in [0.1, 0.15) is 6.07 Å². The molecule has 0 radical (unpaired) electrons. The third-order valence-corrected chi connectivity index (χ3v) is 2.11. The summed E-state index contributed by atoms with van der Waals surface area (Å²) in [5.74, 6) is -0.123. The lowest BCUT2D eigenvalue weighted by Crippen LogP contribution is -2.18. The van der Waals surface area contributed by atoms with Crippen molar-refractivity contribution in [1.82, 2.24) is 4.90 Å². The van der Waals surface area contributed by atoms with Crippen molar-refractivity contribution in [2.75, 3.05) is 19.8 Å². The fourth-order valence-electron chi connectivity index (χ4n) is 1.14. The van der Waals surface area contributed by atoms with Gasteiger partial charge >= 0.3 is 0 Å². The third kappa shape index (κ3) is 2.61.